The maximum atomic E-state index is 12.1. The molecule has 0 spiro atoms. The molecule has 0 N–H and O–H groups in total. The van der Waals surface area contributed by atoms with Gasteiger partial charge in [0.05, 0.1) is 0 Å². The molecule has 1 nitrogen and oxygen atoms in total. The zero-order valence-corrected chi connectivity index (χ0v) is 11.0. The average Bonchev–Trinajstić information content (AvgIpc) is 2.22. The number of nitrogens with zero attached hydrogens (tertiary/aromatic N) is 1. The smallest absolute Gasteiger partial charge is 0.102 e. The van der Waals surface area contributed by atoms with Gasteiger partial charge in [-0.3, -0.25) is 4.90 Å². The summed E-state index contributed by atoms with van der Waals surface area (Å²) in [6.07, 6.45) is 0. The molecule has 2 heteroatoms. The molecule has 2 rings (SSSR count). The summed E-state index contributed by atoms with van der Waals surface area (Å²) in [6, 6.07) is 8.93. The van der Waals surface area contributed by atoms with Crippen molar-refractivity contribution in [2.75, 3.05) is 26.3 Å². The van der Waals surface area contributed by atoms with Crippen molar-refractivity contribution in [2.45, 2.75) is 32.1 Å². The third-order valence-electron chi connectivity index (χ3n) is 3.61. The SMILES string of the molecule is CC(C)(C)c1ccc(C2CN(CCF)C2)cc1. The lowest BCUT2D eigenvalue weighted by Gasteiger charge is -2.39. The molecule has 1 aliphatic rings. The summed E-state index contributed by atoms with van der Waals surface area (Å²) in [5.74, 6) is 0.607. The molecule has 0 unspecified atom stereocenters. The van der Waals surface area contributed by atoms with E-state index in [4.69, 9.17) is 0 Å². The number of rotatable bonds is 3. The van der Waals surface area contributed by atoms with Gasteiger partial charge in [0.2, 0.25) is 0 Å². The zero-order chi connectivity index (χ0) is 12.5. The Morgan fingerprint density at radius 3 is 2.24 bits per heavy atom. The number of hydrogen-bond acceptors (Lipinski definition) is 1. The van der Waals surface area contributed by atoms with E-state index in [-0.39, 0.29) is 12.1 Å². The van der Waals surface area contributed by atoms with Gasteiger partial charge in [0.1, 0.15) is 6.67 Å². The number of hydrogen-bond donors (Lipinski definition) is 0. The summed E-state index contributed by atoms with van der Waals surface area (Å²) in [6.45, 7) is 9.08. The molecule has 17 heavy (non-hydrogen) atoms. The minimum absolute atomic E-state index is 0.221. The van der Waals surface area contributed by atoms with Gasteiger partial charge in [-0.25, -0.2) is 4.39 Å². The molecule has 1 heterocycles. The molecule has 0 amide bonds. The molecule has 1 aromatic carbocycles. The predicted molar refractivity (Wildman–Crippen MR) is 70.3 cm³/mol. The lowest BCUT2D eigenvalue weighted by Crippen LogP contribution is -2.45. The van der Waals surface area contributed by atoms with E-state index in [1.807, 2.05) is 0 Å². The number of halogens is 1. The molecule has 1 saturated heterocycles. The van der Waals surface area contributed by atoms with Crippen molar-refractivity contribution in [2.24, 2.45) is 0 Å². The maximum Gasteiger partial charge on any atom is 0.102 e. The third kappa shape index (κ3) is 2.86. The fourth-order valence-corrected chi connectivity index (χ4v) is 2.34. The van der Waals surface area contributed by atoms with Gasteiger partial charge in [-0.15, -0.1) is 0 Å². The fourth-order valence-electron chi connectivity index (χ4n) is 2.34. The van der Waals surface area contributed by atoms with Gasteiger partial charge in [-0.05, 0) is 16.5 Å². The zero-order valence-electron chi connectivity index (χ0n) is 11.0. The van der Waals surface area contributed by atoms with Crippen molar-refractivity contribution in [3.05, 3.63) is 35.4 Å². The van der Waals surface area contributed by atoms with E-state index < -0.39 is 0 Å². The van der Waals surface area contributed by atoms with E-state index in [1.54, 1.807) is 0 Å². The van der Waals surface area contributed by atoms with Crippen molar-refractivity contribution in [1.29, 1.82) is 0 Å². The number of alkyl halides is 1. The molecular formula is C15H22FN. The van der Waals surface area contributed by atoms with Crippen molar-refractivity contribution in [3.8, 4) is 0 Å². The second kappa shape index (κ2) is 4.77. The highest BCUT2D eigenvalue weighted by Gasteiger charge is 2.27. The molecule has 94 valence electrons. The minimum Gasteiger partial charge on any atom is -0.299 e. The summed E-state index contributed by atoms with van der Waals surface area (Å²) < 4.78 is 12.1. The second-order valence-corrected chi connectivity index (χ2v) is 6.02. The molecule has 1 aliphatic heterocycles. The van der Waals surface area contributed by atoms with Crippen molar-refractivity contribution in [1.82, 2.24) is 4.90 Å². The van der Waals surface area contributed by atoms with E-state index in [0.29, 0.717) is 12.5 Å². The van der Waals surface area contributed by atoms with E-state index in [1.165, 1.54) is 11.1 Å². The van der Waals surface area contributed by atoms with Crippen LogP contribution >= 0.6 is 0 Å². The van der Waals surface area contributed by atoms with Crippen LogP contribution in [0.1, 0.15) is 37.8 Å². The van der Waals surface area contributed by atoms with E-state index in [0.717, 1.165) is 13.1 Å². The standard InChI is InChI=1S/C15H22FN/c1-15(2,3)14-6-4-12(5-7-14)13-10-17(11-13)9-8-16/h4-7,13H,8-11H2,1-3H3. The number of likely N-dealkylation sites (tertiary alicyclic amines) is 1. The van der Waals surface area contributed by atoms with Crippen LogP contribution in [0.2, 0.25) is 0 Å². The van der Waals surface area contributed by atoms with Gasteiger partial charge in [-0.2, -0.15) is 0 Å². The highest BCUT2D eigenvalue weighted by atomic mass is 19.1. The summed E-state index contributed by atoms with van der Waals surface area (Å²) in [5, 5.41) is 0. The first kappa shape index (κ1) is 12.6. The van der Waals surface area contributed by atoms with E-state index in [2.05, 4.69) is 49.9 Å². The van der Waals surface area contributed by atoms with Gasteiger partial charge < -0.3 is 0 Å². The van der Waals surface area contributed by atoms with Crippen molar-refractivity contribution < 1.29 is 4.39 Å². The minimum atomic E-state index is -0.227. The molecule has 1 aromatic rings. The fraction of sp³-hybridized carbons (Fsp3) is 0.600. The van der Waals surface area contributed by atoms with Crippen LogP contribution in [0.5, 0.6) is 0 Å². The molecule has 0 aliphatic carbocycles. The van der Waals surface area contributed by atoms with Gasteiger partial charge in [-0.1, -0.05) is 45.0 Å². The van der Waals surface area contributed by atoms with Gasteiger partial charge in [0.15, 0.2) is 0 Å². The summed E-state index contributed by atoms with van der Waals surface area (Å²) in [5.41, 5.74) is 2.99. The summed E-state index contributed by atoms with van der Waals surface area (Å²) in [4.78, 5) is 2.17. The Morgan fingerprint density at radius 2 is 1.76 bits per heavy atom. The van der Waals surface area contributed by atoms with E-state index in [9.17, 15) is 4.39 Å². The first-order chi connectivity index (χ1) is 8.00. The largest absolute Gasteiger partial charge is 0.299 e. The third-order valence-corrected chi connectivity index (χ3v) is 3.61. The van der Waals surface area contributed by atoms with Crippen LogP contribution in [0.25, 0.3) is 0 Å². The molecule has 0 bridgehead atoms. The first-order valence-corrected chi connectivity index (χ1v) is 6.39. The van der Waals surface area contributed by atoms with Gasteiger partial charge >= 0.3 is 0 Å². The van der Waals surface area contributed by atoms with Crippen molar-refractivity contribution in [3.63, 3.8) is 0 Å². The maximum absolute atomic E-state index is 12.1. The Labute approximate surface area is 104 Å². The van der Waals surface area contributed by atoms with Crippen LogP contribution in [0, 0.1) is 0 Å². The highest BCUT2D eigenvalue weighted by Crippen LogP contribution is 2.29. The highest BCUT2D eigenvalue weighted by molar-refractivity contribution is 5.30. The van der Waals surface area contributed by atoms with Crippen LogP contribution in [-0.4, -0.2) is 31.2 Å². The van der Waals surface area contributed by atoms with Crippen LogP contribution < -0.4 is 0 Å². The summed E-state index contributed by atoms with van der Waals surface area (Å²) in [7, 11) is 0. The van der Waals surface area contributed by atoms with Gasteiger partial charge in [0, 0.05) is 25.6 Å². The topological polar surface area (TPSA) is 3.24 Å². The van der Waals surface area contributed by atoms with Crippen molar-refractivity contribution >= 4 is 0 Å². The molecule has 0 atom stereocenters. The molecule has 1 fully saturated rings. The van der Waals surface area contributed by atoms with E-state index >= 15 is 0 Å². The lowest BCUT2D eigenvalue weighted by atomic mass is 9.84. The Bertz CT molecular complexity index is 358. The second-order valence-electron chi connectivity index (χ2n) is 6.02. The Kier molecular flexibility index (Phi) is 3.53. The van der Waals surface area contributed by atoms with Gasteiger partial charge in [0.25, 0.3) is 0 Å². The Morgan fingerprint density at radius 1 is 1.18 bits per heavy atom. The van der Waals surface area contributed by atoms with Crippen LogP contribution in [0.4, 0.5) is 4.39 Å². The lowest BCUT2D eigenvalue weighted by molar-refractivity contribution is 0.137. The van der Waals surface area contributed by atoms with Crippen LogP contribution in [0.15, 0.2) is 24.3 Å². The average molecular weight is 235 g/mol. The summed E-state index contributed by atoms with van der Waals surface area (Å²) >= 11 is 0. The van der Waals surface area contributed by atoms with Crippen LogP contribution in [0.3, 0.4) is 0 Å². The Hall–Kier alpha value is -0.890. The first-order valence-electron chi connectivity index (χ1n) is 6.39. The quantitative estimate of drug-likeness (QED) is 0.776. The molecular weight excluding hydrogens is 213 g/mol. The predicted octanol–water partition coefficient (Wildman–Crippen LogP) is 3.35. The van der Waals surface area contributed by atoms with Crippen LogP contribution in [-0.2, 0) is 5.41 Å². The monoisotopic (exact) mass is 235 g/mol. The Balaban J connectivity index is 1.96. The molecule has 0 radical (unpaired) electrons. The molecule has 0 saturated carbocycles. The normalized spacial score (nSPS) is 18.1. The number of benzene rings is 1. The molecule has 0 aromatic heterocycles.